The van der Waals surface area contributed by atoms with Crippen molar-refractivity contribution in [3.05, 3.63) is 64.2 Å². The van der Waals surface area contributed by atoms with Crippen molar-refractivity contribution in [3.63, 3.8) is 0 Å². The molecule has 1 saturated heterocycles. The standard InChI is InChI=1S/C21H27ClN2/c1-4-24(20-8-9-21(22)17(3)10-20)15-19-7-5-6-18(11-19)14-23-12-16(2)13-23/h5-11,16H,4,12-15H2,1-3H3. The van der Waals surface area contributed by atoms with E-state index in [-0.39, 0.29) is 0 Å². The van der Waals surface area contributed by atoms with Crippen LogP contribution in [0, 0.1) is 12.8 Å². The third-order valence-corrected chi connectivity index (χ3v) is 5.22. The second-order valence-electron chi connectivity index (χ2n) is 7.07. The summed E-state index contributed by atoms with van der Waals surface area (Å²) in [5, 5.41) is 0.834. The van der Waals surface area contributed by atoms with Crippen molar-refractivity contribution in [1.29, 1.82) is 0 Å². The van der Waals surface area contributed by atoms with Crippen molar-refractivity contribution in [3.8, 4) is 0 Å². The minimum Gasteiger partial charge on any atom is -0.367 e. The van der Waals surface area contributed by atoms with Gasteiger partial charge in [-0.1, -0.05) is 42.8 Å². The summed E-state index contributed by atoms with van der Waals surface area (Å²) in [6.45, 7) is 12.0. The minimum absolute atomic E-state index is 0.834. The molecule has 2 nitrogen and oxygen atoms in total. The third kappa shape index (κ3) is 4.12. The Balaban J connectivity index is 1.70. The lowest BCUT2D eigenvalue weighted by molar-refractivity contribution is 0.105. The van der Waals surface area contributed by atoms with E-state index < -0.39 is 0 Å². The molecule has 0 bridgehead atoms. The SMILES string of the molecule is CCN(Cc1cccc(CN2CC(C)C2)c1)c1ccc(Cl)c(C)c1. The summed E-state index contributed by atoms with van der Waals surface area (Å²) in [6.07, 6.45) is 0. The maximum absolute atomic E-state index is 6.16. The van der Waals surface area contributed by atoms with Crippen molar-refractivity contribution >= 4 is 17.3 Å². The zero-order chi connectivity index (χ0) is 17.1. The number of anilines is 1. The van der Waals surface area contributed by atoms with E-state index in [9.17, 15) is 0 Å². The molecule has 0 radical (unpaired) electrons. The van der Waals surface area contributed by atoms with Crippen LogP contribution in [-0.4, -0.2) is 24.5 Å². The summed E-state index contributed by atoms with van der Waals surface area (Å²) in [7, 11) is 0. The highest BCUT2D eigenvalue weighted by Gasteiger charge is 2.22. The number of benzene rings is 2. The van der Waals surface area contributed by atoms with Gasteiger partial charge in [0, 0.05) is 43.4 Å². The van der Waals surface area contributed by atoms with Gasteiger partial charge in [-0.2, -0.15) is 0 Å². The molecule has 3 rings (SSSR count). The first kappa shape index (κ1) is 17.3. The van der Waals surface area contributed by atoms with Crippen LogP contribution in [0.3, 0.4) is 0 Å². The van der Waals surface area contributed by atoms with Crippen LogP contribution in [0.15, 0.2) is 42.5 Å². The molecule has 0 unspecified atom stereocenters. The van der Waals surface area contributed by atoms with E-state index in [1.165, 1.54) is 29.9 Å². The van der Waals surface area contributed by atoms with Crippen molar-refractivity contribution in [2.45, 2.75) is 33.9 Å². The maximum atomic E-state index is 6.16. The van der Waals surface area contributed by atoms with Crippen LogP contribution in [0.1, 0.15) is 30.5 Å². The fraction of sp³-hybridized carbons (Fsp3) is 0.429. The van der Waals surface area contributed by atoms with Crippen LogP contribution in [0.5, 0.6) is 0 Å². The smallest absolute Gasteiger partial charge is 0.0436 e. The Morgan fingerprint density at radius 1 is 1.12 bits per heavy atom. The van der Waals surface area contributed by atoms with Gasteiger partial charge in [-0.05, 0) is 54.7 Å². The van der Waals surface area contributed by atoms with Crippen molar-refractivity contribution < 1.29 is 0 Å². The van der Waals surface area contributed by atoms with E-state index in [2.05, 4.69) is 67.0 Å². The molecule has 0 atom stereocenters. The molecule has 0 spiro atoms. The topological polar surface area (TPSA) is 6.48 Å². The van der Waals surface area contributed by atoms with Crippen LogP contribution in [0.25, 0.3) is 0 Å². The van der Waals surface area contributed by atoms with Crippen LogP contribution in [0.2, 0.25) is 5.02 Å². The summed E-state index contributed by atoms with van der Waals surface area (Å²) >= 11 is 6.16. The summed E-state index contributed by atoms with van der Waals surface area (Å²) in [5.41, 5.74) is 5.16. The first-order valence-corrected chi connectivity index (χ1v) is 9.24. The monoisotopic (exact) mass is 342 g/mol. The lowest BCUT2D eigenvalue weighted by Gasteiger charge is -2.37. The molecule has 1 fully saturated rings. The minimum atomic E-state index is 0.834. The molecule has 2 aromatic carbocycles. The molecule has 0 N–H and O–H groups in total. The molecule has 0 aliphatic carbocycles. The van der Waals surface area contributed by atoms with Gasteiger partial charge >= 0.3 is 0 Å². The van der Waals surface area contributed by atoms with E-state index in [0.717, 1.165) is 36.1 Å². The molecule has 128 valence electrons. The van der Waals surface area contributed by atoms with Crippen LogP contribution < -0.4 is 4.90 Å². The number of aryl methyl sites for hydroxylation is 1. The maximum Gasteiger partial charge on any atom is 0.0436 e. The summed E-state index contributed by atoms with van der Waals surface area (Å²) in [6, 6.07) is 15.3. The lowest BCUT2D eigenvalue weighted by atomic mass is 10.0. The second kappa shape index (κ2) is 7.58. The number of halogens is 1. The quantitative estimate of drug-likeness (QED) is 0.718. The Bertz CT molecular complexity index is 692. The molecule has 1 aliphatic heterocycles. The van der Waals surface area contributed by atoms with Crippen LogP contribution in [0.4, 0.5) is 5.69 Å². The molecule has 0 saturated carbocycles. The zero-order valence-electron chi connectivity index (χ0n) is 14.9. The predicted octanol–water partition coefficient (Wildman–Crippen LogP) is 5.13. The molecular formula is C21H27ClN2. The average molecular weight is 343 g/mol. The second-order valence-corrected chi connectivity index (χ2v) is 7.47. The van der Waals surface area contributed by atoms with Gasteiger partial charge < -0.3 is 4.90 Å². The molecule has 1 heterocycles. The van der Waals surface area contributed by atoms with E-state index in [0.29, 0.717) is 0 Å². The fourth-order valence-corrected chi connectivity index (χ4v) is 3.59. The Labute approximate surface area is 151 Å². The van der Waals surface area contributed by atoms with Crippen molar-refractivity contribution in [1.82, 2.24) is 4.90 Å². The predicted molar refractivity (Wildman–Crippen MR) is 104 cm³/mol. The largest absolute Gasteiger partial charge is 0.367 e. The molecular weight excluding hydrogens is 316 g/mol. The average Bonchev–Trinajstić information content (AvgIpc) is 2.54. The number of likely N-dealkylation sites (tertiary alicyclic amines) is 1. The summed E-state index contributed by atoms with van der Waals surface area (Å²) < 4.78 is 0. The molecule has 0 amide bonds. The molecule has 1 aliphatic rings. The van der Waals surface area contributed by atoms with E-state index in [4.69, 9.17) is 11.6 Å². The fourth-order valence-electron chi connectivity index (χ4n) is 3.47. The van der Waals surface area contributed by atoms with Gasteiger partial charge in [0.2, 0.25) is 0 Å². The van der Waals surface area contributed by atoms with Crippen LogP contribution >= 0.6 is 11.6 Å². The number of rotatable bonds is 6. The van der Waals surface area contributed by atoms with Gasteiger partial charge in [0.15, 0.2) is 0 Å². The Morgan fingerprint density at radius 3 is 2.54 bits per heavy atom. The van der Waals surface area contributed by atoms with Gasteiger partial charge in [0.1, 0.15) is 0 Å². The van der Waals surface area contributed by atoms with Gasteiger partial charge in [-0.15, -0.1) is 0 Å². The molecule has 0 aromatic heterocycles. The zero-order valence-corrected chi connectivity index (χ0v) is 15.7. The highest BCUT2D eigenvalue weighted by molar-refractivity contribution is 6.31. The molecule has 24 heavy (non-hydrogen) atoms. The van der Waals surface area contributed by atoms with Crippen LogP contribution in [-0.2, 0) is 13.1 Å². The molecule has 3 heteroatoms. The van der Waals surface area contributed by atoms with Crippen molar-refractivity contribution in [2.75, 3.05) is 24.5 Å². The van der Waals surface area contributed by atoms with Gasteiger partial charge in [-0.25, -0.2) is 0 Å². The Hall–Kier alpha value is -1.51. The number of nitrogens with zero attached hydrogens (tertiary/aromatic N) is 2. The lowest BCUT2D eigenvalue weighted by Crippen LogP contribution is -2.44. The molecule has 2 aromatic rings. The first-order valence-electron chi connectivity index (χ1n) is 8.86. The Morgan fingerprint density at radius 2 is 1.88 bits per heavy atom. The summed E-state index contributed by atoms with van der Waals surface area (Å²) in [4.78, 5) is 4.91. The normalized spacial score (nSPS) is 15.3. The van der Waals surface area contributed by atoms with E-state index in [1.54, 1.807) is 0 Å². The Kier molecular flexibility index (Phi) is 5.47. The highest BCUT2D eigenvalue weighted by atomic mass is 35.5. The number of hydrogen-bond acceptors (Lipinski definition) is 2. The third-order valence-electron chi connectivity index (χ3n) is 4.80. The first-order chi connectivity index (χ1) is 11.5. The van der Waals surface area contributed by atoms with Gasteiger partial charge in [-0.3, -0.25) is 4.90 Å². The number of hydrogen-bond donors (Lipinski definition) is 0. The van der Waals surface area contributed by atoms with E-state index >= 15 is 0 Å². The highest BCUT2D eigenvalue weighted by Crippen LogP contribution is 2.24. The van der Waals surface area contributed by atoms with Gasteiger partial charge in [0.05, 0.1) is 0 Å². The van der Waals surface area contributed by atoms with E-state index in [1.807, 2.05) is 6.07 Å². The van der Waals surface area contributed by atoms with Crippen molar-refractivity contribution in [2.24, 2.45) is 5.92 Å². The van der Waals surface area contributed by atoms with Gasteiger partial charge in [0.25, 0.3) is 0 Å². The summed E-state index contributed by atoms with van der Waals surface area (Å²) in [5.74, 6) is 0.858.